The van der Waals surface area contributed by atoms with Crippen molar-refractivity contribution in [1.82, 2.24) is 15.0 Å². The Morgan fingerprint density at radius 1 is 1.26 bits per heavy atom. The van der Waals surface area contributed by atoms with Gasteiger partial charge in [-0.3, -0.25) is 9.59 Å². The summed E-state index contributed by atoms with van der Waals surface area (Å²) in [6.45, 7) is 6.85. The van der Waals surface area contributed by atoms with Crippen molar-refractivity contribution in [2.75, 3.05) is 32.8 Å². The highest BCUT2D eigenvalue weighted by Gasteiger charge is 2.42. The maximum atomic E-state index is 12.9. The molecule has 7 heteroatoms. The Hall–Kier alpha value is -1.89. The van der Waals surface area contributed by atoms with E-state index in [0.717, 1.165) is 19.4 Å². The van der Waals surface area contributed by atoms with Crippen LogP contribution in [-0.2, 0) is 9.53 Å². The minimum absolute atomic E-state index is 0.0166. The zero-order chi connectivity index (χ0) is 19.0. The van der Waals surface area contributed by atoms with Gasteiger partial charge in [-0.2, -0.15) is 0 Å². The van der Waals surface area contributed by atoms with E-state index in [-0.39, 0.29) is 17.4 Å². The standard InChI is InChI=1S/C20H29N3O4/c1-14-18(15(2)27-21-14)19(25)22-9-7-20(8-10-22)13-23(12-16-4-3-5-16)17(24)6-11-26-20/h16H,3-13H2,1-2H3. The van der Waals surface area contributed by atoms with Crippen molar-refractivity contribution in [3.63, 3.8) is 0 Å². The minimum atomic E-state index is -0.314. The van der Waals surface area contributed by atoms with Crippen LogP contribution < -0.4 is 0 Å². The number of piperidine rings is 1. The van der Waals surface area contributed by atoms with E-state index in [4.69, 9.17) is 9.26 Å². The topological polar surface area (TPSA) is 75.9 Å². The summed E-state index contributed by atoms with van der Waals surface area (Å²) in [4.78, 5) is 29.2. The molecule has 3 fully saturated rings. The van der Waals surface area contributed by atoms with Gasteiger partial charge in [0.2, 0.25) is 5.91 Å². The van der Waals surface area contributed by atoms with Gasteiger partial charge in [-0.1, -0.05) is 11.6 Å². The molecule has 1 aliphatic carbocycles. The number of rotatable bonds is 3. The first-order chi connectivity index (χ1) is 13.0. The lowest BCUT2D eigenvalue weighted by Crippen LogP contribution is -2.54. The molecule has 0 atom stereocenters. The van der Waals surface area contributed by atoms with Crippen LogP contribution in [0, 0.1) is 19.8 Å². The summed E-state index contributed by atoms with van der Waals surface area (Å²) in [7, 11) is 0. The van der Waals surface area contributed by atoms with Gasteiger partial charge in [-0.25, -0.2) is 0 Å². The van der Waals surface area contributed by atoms with Gasteiger partial charge in [0.15, 0.2) is 0 Å². The van der Waals surface area contributed by atoms with E-state index >= 15 is 0 Å². The Bertz CT molecular complexity index is 697. The van der Waals surface area contributed by atoms with Crippen LogP contribution in [0.3, 0.4) is 0 Å². The molecule has 0 bridgehead atoms. The predicted molar refractivity (Wildman–Crippen MR) is 98.3 cm³/mol. The molecule has 0 unspecified atom stereocenters. The van der Waals surface area contributed by atoms with Crippen molar-refractivity contribution >= 4 is 11.8 Å². The maximum absolute atomic E-state index is 12.9. The average Bonchev–Trinajstić information content (AvgIpc) is 2.87. The number of nitrogens with zero attached hydrogens (tertiary/aromatic N) is 3. The largest absolute Gasteiger partial charge is 0.372 e. The van der Waals surface area contributed by atoms with Crippen LogP contribution in [0.25, 0.3) is 0 Å². The SMILES string of the molecule is Cc1noc(C)c1C(=O)N1CCC2(CC1)CN(CC1CCC1)C(=O)CCO2. The Morgan fingerprint density at radius 3 is 2.59 bits per heavy atom. The summed E-state index contributed by atoms with van der Waals surface area (Å²) in [6, 6.07) is 0. The summed E-state index contributed by atoms with van der Waals surface area (Å²) in [5.41, 5.74) is 0.904. The van der Waals surface area contributed by atoms with Gasteiger partial charge in [0.1, 0.15) is 11.3 Å². The van der Waals surface area contributed by atoms with E-state index in [1.165, 1.54) is 19.3 Å². The highest BCUT2D eigenvalue weighted by Crippen LogP contribution is 2.33. The summed E-state index contributed by atoms with van der Waals surface area (Å²) < 4.78 is 11.3. The van der Waals surface area contributed by atoms with Crippen LogP contribution in [0.1, 0.15) is 60.3 Å². The number of carbonyl (C=O) groups excluding carboxylic acids is 2. The molecule has 2 amide bonds. The molecule has 4 rings (SSSR count). The fraction of sp³-hybridized carbons (Fsp3) is 0.750. The van der Waals surface area contributed by atoms with Crippen LogP contribution in [0.4, 0.5) is 0 Å². The van der Waals surface area contributed by atoms with Gasteiger partial charge >= 0.3 is 0 Å². The maximum Gasteiger partial charge on any atom is 0.259 e. The van der Waals surface area contributed by atoms with Crippen molar-refractivity contribution in [3.05, 3.63) is 17.0 Å². The number of carbonyl (C=O) groups is 2. The third kappa shape index (κ3) is 3.61. The van der Waals surface area contributed by atoms with E-state index in [1.54, 1.807) is 13.8 Å². The van der Waals surface area contributed by atoms with Crippen molar-refractivity contribution in [2.24, 2.45) is 5.92 Å². The van der Waals surface area contributed by atoms with Gasteiger partial charge in [0.05, 0.1) is 24.3 Å². The van der Waals surface area contributed by atoms with Crippen molar-refractivity contribution < 1.29 is 18.8 Å². The van der Waals surface area contributed by atoms with Crippen molar-refractivity contribution in [2.45, 2.75) is 58.0 Å². The molecule has 1 aromatic heterocycles. The Morgan fingerprint density at radius 2 is 2.00 bits per heavy atom. The lowest BCUT2D eigenvalue weighted by molar-refractivity contribution is -0.133. The number of amides is 2. The molecule has 0 aromatic carbocycles. The van der Waals surface area contributed by atoms with Crippen LogP contribution >= 0.6 is 0 Å². The fourth-order valence-electron chi connectivity index (χ4n) is 4.51. The highest BCUT2D eigenvalue weighted by atomic mass is 16.5. The number of likely N-dealkylation sites (tertiary alicyclic amines) is 1. The molecule has 1 spiro atoms. The molecule has 0 N–H and O–H groups in total. The van der Waals surface area contributed by atoms with Gasteiger partial charge in [-0.05, 0) is 45.4 Å². The molecule has 1 aromatic rings. The zero-order valence-electron chi connectivity index (χ0n) is 16.3. The summed E-state index contributed by atoms with van der Waals surface area (Å²) >= 11 is 0. The molecule has 3 heterocycles. The summed E-state index contributed by atoms with van der Waals surface area (Å²) in [5.74, 6) is 1.43. The van der Waals surface area contributed by atoms with Crippen LogP contribution in [0.15, 0.2) is 4.52 Å². The number of ether oxygens (including phenoxy) is 1. The first-order valence-electron chi connectivity index (χ1n) is 10.1. The zero-order valence-corrected chi connectivity index (χ0v) is 16.3. The van der Waals surface area contributed by atoms with Gasteiger partial charge in [0.25, 0.3) is 5.91 Å². The quantitative estimate of drug-likeness (QED) is 0.810. The molecule has 0 radical (unpaired) electrons. The summed E-state index contributed by atoms with van der Waals surface area (Å²) in [5, 5.41) is 3.90. The van der Waals surface area contributed by atoms with Crippen molar-refractivity contribution in [1.29, 1.82) is 0 Å². The smallest absolute Gasteiger partial charge is 0.259 e. The molecular formula is C20H29N3O4. The number of aromatic nitrogens is 1. The molecule has 1 saturated carbocycles. The Labute approximate surface area is 160 Å². The number of hydrogen-bond donors (Lipinski definition) is 0. The third-order valence-corrected chi connectivity index (χ3v) is 6.47. The molecule has 2 saturated heterocycles. The van der Waals surface area contributed by atoms with Crippen LogP contribution in [0.5, 0.6) is 0 Å². The molecule has 2 aliphatic heterocycles. The van der Waals surface area contributed by atoms with Gasteiger partial charge in [-0.15, -0.1) is 0 Å². The van der Waals surface area contributed by atoms with Crippen molar-refractivity contribution in [3.8, 4) is 0 Å². The lowest BCUT2D eigenvalue weighted by atomic mass is 9.84. The van der Waals surface area contributed by atoms with E-state index < -0.39 is 0 Å². The minimum Gasteiger partial charge on any atom is -0.372 e. The first-order valence-corrected chi connectivity index (χ1v) is 10.1. The van der Waals surface area contributed by atoms with Gasteiger partial charge in [0, 0.05) is 26.2 Å². The number of aryl methyl sites for hydroxylation is 2. The molecule has 27 heavy (non-hydrogen) atoms. The Balaban J connectivity index is 1.42. The van der Waals surface area contributed by atoms with E-state index in [0.29, 0.717) is 55.6 Å². The molecular weight excluding hydrogens is 346 g/mol. The first kappa shape index (κ1) is 18.5. The fourth-order valence-corrected chi connectivity index (χ4v) is 4.51. The van der Waals surface area contributed by atoms with Crippen LogP contribution in [0.2, 0.25) is 0 Å². The van der Waals surface area contributed by atoms with E-state index in [1.807, 2.05) is 9.80 Å². The monoisotopic (exact) mass is 375 g/mol. The normalized spacial score (nSPS) is 23.4. The molecule has 3 aliphatic rings. The average molecular weight is 375 g/mol. The second kappa shape index (κ2) is 7.26. The second-order valence-electron chi connectivity index (χ2n) is 8.34. The summed E-state index contributed by atoms with van der Waals surface area (Å²) in [6.07, 6.45) is 5.74. The second-order valence-corrected chi connectivity index (χ2v) is 8.34. The van der Waals surface area contributed by atoms with Gasteiger partial charge < -0.3 is 19.1 Å². The number of hydrogen-bond acceptors (Lipinski definition) is 5. The molecule has 7 nitrogen and oxygen atoms in total. The molecule has 148 valence electrons. The third-order valence-electron chi connectivity index (χ3n) is 6.47. The predicted octanol–water partition coefficient (Wildman–Crippen LogP) is 2.32. The van der Waals surface area contributed by atoms with E-state index in [2.05, 4.69) is 5.16 Å². The van der Waals surface area contributed by atoms with E-state index in [9.17, 15) is 9.59 Å². The van der Waals surface area contributed by atoms with Crippen LogP contribution in [-0.4, -0.2) is 65.2 Å². The lowest BCUT2D eigenvalue weighted by Gasteiger charge is -2.43. The Kier molecular flexibility index (Phi) is 4.97. The highest BCUT2D eigenvalue weighted by molar-refractivity contribution is 5.96.